The number of nitrogens with zero attached hydrogens (tertiary/aromatic N) is 2. The molecule has 8 rings (SSSR count). The number of pyridine rings is 2. The number of H-pyrrole nitrogens is 4. The lowest BCUT2D eigenvalue weighted by Crippen LogP contribution is -1.90. The molecule has 0 fully saturated rings. The van der Waals surface area contributed by atoms with Crippen molar-refractivity contribution in [3.05, 3.63) is 72.3 Å². The normalized spacial score (nSPS) is 13.0. The quantitative estimate of drug-likeness (QED) is 0.248. The van der Waals surface area contributed by atoms with Gasteiger partial charge in [-0.25, -0.2) is 9.97 Å². The second-order valence-corrected chi connectivity index (χ2v) is 8.35. The first-order chi connectivity index (χ1) is 15.3. The summed E-state index contributed by atoms with van der Waals surface area (Å²) in [6.45, 7) is 0. The average Bonchev–Trinajstić information content (AvgIpc) is 3.53. The van der Waals surface area contributed by atoms with Crippen molar-refractivity contribution in [3.8, 4) is 22.5 Å². The minimum atomic E-state index is 0.795. The van der Waals surface area contributed by atoms with Crippen LogP contribution in [0.1, 0.15) is 11.4 Å². The molecule has 0 radical (unpaired) electrons. The third kappa shape index (κ3) is 2.01. The molecule has 6 nitrogen and oxygen atoms in total. The predicted molar refractivity (Wildman–Crippen MR) is 123 cm³/mol. The van der Waals surface area contributed by atoms with Crippen molar-refractivity contribution in [2.75, 3.05) is 0 Å². The lowest BCUT2D eigenvalue weighted by molar-refractivity contribution is 1.07. The van der Waals surface area contributed by atoms with E-state index in [1.165, 1.54) is 0 Å². The summed E-state index contributed by atoms with van der Waals surface area (Å²) in [6.07, 6.45) is 4.86. The van der Waals surface area contributed by atoms with Crippen LogP contribution in [0.25, 0.3) is 66.4 Å². The lowest BCUT2D eigenvalue weighted by atomic mass is 10.1. The Hall–Kier alpha value is -4.32. The van der Waals surface area contributed by atoms with Crippen molar-refractivity contribution >= 4 is 43.9 Å². The van der Waals surface area contributed by atoms with Gasteiger partial charge in [-0.15, -0.1) is 0 Å². The maximum absolute atomic E-state index is 5.08. The van der Waals surface area contributed by atoms with E-state index < -0.39 is 0 Å². The Kier molecular flexibility index (Phi) is 2.62. The van der Waals surface area contributed by atoms with Crippen LogP contribution in [0.5, 0.6) is 0 Å². The van der Waals surface area contributed by atoms with Gasteiger partial charge >= 0.3 is 0 Å². The van der Waals surface area contributed by atoms with Crippen molar-refractivity contribution in [1.29, 1.82) is 0 Å². The van der Waals surface area contributed by atoms with Gasteiger partial charge in [-0.2, -0.15) is 0 Å². The van der Waals surface area contributed by atoms with Crippen molar-refractivity contribution in [2.45, 2.75) is 6.42 Å². The highest BCUT2D eigenvalue weighted by atomic mass is 14.9. The van der Waals surface area contributed by atoms with E-state index in [1.54, 1.807) is 0 Å². The van der Waals surface area contributed by atoms with Gasteiger partial charge in [0, 0.05) is 52.1 Å². The second-order valence-electron chi connectivity index (χ2n) is 8.35. The molecule has 6 heteroatoms. The van der Waals surface area contributed by atoms with Crippen molar-refractivity contribution in [3.63, 3.8) is 0 Å². The second kappa shape index (κ2) is 5.23. The molecular weight excluding hydrogens is 384 g/mol. The van der Waals surface area contributed by atoms with Gasteiger partial charge in [-0.05, 0) is 24.3 Å². The summed E-state index contributed by atoms with van der Waals surface area (Å²) < 4.78 is 0. The molecule has 8 bridgehead atoms. The Morgan fingerprint density at radius 1 is 0.613 bits per heavy atom. The van der Waals surface area contributed by atoms with Crippen LogP contribution in [0.4, 0.5) is 0 Å². The molecule has 4 N–H and O–H groups in total. The van der Waals surface area contributed by atoms with Gasteiger partial charge < -0.3 is 19.9 Å². The maximum atomic E-state index is 5.08. The van der Waals surface area contributed by atoms with Crippen LogP contribution in [0.3, 0.4) is 0 Å². The molecular formula is C25H16N6. The predicted octanol–water partition coefficient (Wildman–Crippen LogP) is 5.64. The van der Waals surface area contributed by atoms with Gasteiger partial charge in [0.2, 0.25) is 0 Å². The minimum Gasteiger partial charge on any atom is -0.359 e. The first kappa shape index (κ1) is 15.5. The van der Waals surface area contributed by atoms with E-state index in [1.807, 2.05) is 12.4 Å². The smallest absolute Gasteiger partial charge is 0.0972 e. The van der Waals surface area contributed by atoms with Crippen LogP contribution < -0.4 is 0 Å². The molecule has 7 heterocycles. The molecule has 0 spiro atoms. The molecule has 0 unspecified atom stereocenters. The SMILES string of the molecule is c1cc2ccc3ccc4nc3c2nc1-c1c[nH]c2cc([nH]c12)Cc1cc2[nH]cc-4c2[nH]1. The van der Waals surface area contributed by atoms with E-state index in [-0.39, 0.29) is 0 Å². The highest BCUT2D eigenvalue weighted by Gasteiger charge is 2.17. The van der Waals surface area contributed by atoms with Crippen molar-refractivity contribution in [1.82, 2.24) is 29.9 Å². The molecule has 6 aromatic heterocycles. The number of hydrogen-bond acceptors (Lipinski definition) is 2. The fourth-order valence-electron chi connectivity index (χ4n) is 4.98. The third-order valence-corrected chi connectivity index (χ3v) is 6.48. The number of aromatic nitrogens is 6. The summed E-state index contributed by atoms with van der Waals surface area (Å²) in [5.41, 5.74) is 12.5. The Bertz CT molecular complexity index is 1690. The van der Waals surface area contributed by atoms with Gasteiger partial charge in [0.25, 0.3) is 0 Å². The van der Waals surface area contributed by atoms with Crippen LogP contribution in [0.15, 0.2) is 60.9 Å². The van der Waals surface area contributed by atoms with Crippen LogP contribution in [0, 0.1) is 0 Å². The maximum Gasteiger partial charge on any atom is 0.0972 e. The number of rotatable bonds is 0. The number of benzene rings is 1. The van der Waals surface area contributed by atoms with Crippen LogP contribution in [0.2, 0.25) is 0 Å². The molecule has 146 valence electrons. The fourth-order valence-corrected chi connectivity index (χ4v) is 4.98. The van der Waals surface area contributed by atoms with E-state index in [4.69, 9.17) is 9.97 Å². The molecule has 0 aliphatic carbocycles. The number of aromatic amines is 4. The first-order valence-corrected chi connectivity index (χ1v) is 10.4. The van der Waals surface area contributed by atoms with E-state index in [9.17, 15) is 0 Å². The van der Waals surface area contributed by atoms with Crippen LogP contribution >= 0.6 is 0 Å². The summed E-state index contributed by atoms with van der Waals surface area (Å²) in [5, 5.41) is 2.18. The zero-order valence-corrected chi connectivity index (χ0v) is 16.4. The summed E-state index contributed by atoms with van der Waals surface area (Å²) in [7, 11) is 0. The van der Waals surface area contributed by atoms with Crippen molar-refractivity contribution in [2.24, 2.45) is 0 Å². The zero-order chi connectivity index (χ0) is 20.1. The van der Waals surface area contributed by atoms with E-state index >= 15 is 0 Å². The van der Waals surface area contributed by atoms with Crippen LogP contribution in [-0.2, 0) is 6.42 Å². The van der Waals surface area contributed by atoms with Gasteiger partial charge in [0.05, 0.1) is 44.5 Å². The Labute approximate surface area is 175 Å². The topological polar surface area (TPSA) is 88.9 Å². The molecule has 1 aliphatic rings. The molecule has 0 atom stereocenters. The Morgan fingerprint density at radius 3 is 1.61 bits per heavy atom. The average molecular weight is 400 g/mol. The fraction of sp³-hybridized carbons (Fsp3) is 0.0400. The van der Waals surface area contributed by atoms with E-state index in [0.717, 1.165) is 84.2 Å². The van der Waals surface area contributed by atoms with Gasteiger partial charge in [0.15, 0.2) is 0 Å². The highest BCUT2D eigenvalue weighted by molar-refractivity contribution is 6.05. The zero-order valence-electron chi connectivity index (χ0n) is 16.4. The first-order valence-electron chi connectivity index (χ1n) is 10.4. The molecule has 0 saturated carbocycles. The molecule has 31 heavy (non-hydrogen) atoms. The largest absolute Gasteiger partial charge is 0.359 e. The van der Waals surface area contributed by atoms with Gasteiger partial charge in [-0.1, -0.05) is 24.3 Å². The lowest BCUT2D eigenvalue weighted by Gasteiger charge is -2.07. The molecule has 1 aliphatic heterocycles. The molecule has 7 aromatic rings. The molecule has 0 amide bonds. The van der Waals surface area contributed by atoms with Crippen LogP contribution in [-0.4, -0.2) is 29.9 Å². The summed E-state index contributed by atoms with van der Waals surface area (Å²) in [5.74, 6) is 0. The van der Waals surface area contributed by atoms with Gasteiger partial charge in [0.1, 0.15) is 0 Å². The third-order valence-electron chi connectivity index (χ3n) is 6.48. The number of fused-ring (bicyclic) bond motifs is 6. The highest BCUT2D eigenvalue weighted by Crippen LogP contribution is 2.34. The Balaban J connectivity index is 1.56. The summed E-state index contributed by atoms with van der Waals surface area (Å²) >= 11 is 0. The van der Waals surface area contributed by atoms with E-state index in [2.05, 4.69) is 68.5 Å². The standard InChI is InChI=1S/C25H16N6/c1-2-13-4-6-19-17-11-27-21-9-15(29-25(17)21)7-14-8-20-24(28-14)16(10-26-20)18-5-3-12(1)22(30-18)23(13)31-19/h1-6,8-11,26-29H,7H2. The Morgan fingerprint density at radius 2 is 1.10 bits per heavy atom. The summed E-state index contributed by atoms with van der Waals surface area (Å²) in [6, 6.07) is 17.1. The van der Waals surface area contributed by atoms with Crippen molar-refractivity contribution < 1.29 is 0 Å². The monoisotopic (exact) mass is 400 g/mol. The molecule has 0 saturated heterocycles. The summed E-state index contributed by atoms with van der Waals surface area (Å²) in [4.78, 5) is 24.2. The number of hydrogen-bond donors (Lipinski definition) is 4. The van der Waals surface area contributed by atoms with E-state index in [0.29, 0.717) is 0 Å². The number of nitrogens with one attached hydrogen (secondary N) is 4. The minimum absolute atomic E-state index is 0.795. The molecule has 1 aromatic carbocycles. The van der Waals surface area contributed by atoms with Gasteiger partial charge in [-0.3, -0.25) is 0 Å².